The van der Waals surface area contributed by atoms with Gasteiger partial charge in [-0.25, -0.2) is 4.98 Å². The first kappa shape index (κ1) is 15.9. The van der Waals surface area contributed by atoms with Crippen molar-refractivity contribution >= 4 is 17.5 Å². The van der Waals surface area contributed by atoms with Crippen LogP contribution in [0, 0.1) is 0 Å². The van der Waals surface area contributed by atoms with Crippen LogP contribution in [0.15, 0.2) is 12.1 Å². The molecule has 0 radical (unpaired) electrons. The molecule has 0 N–H and O–H groups in total. The molecular weight excluding hydrogens is 262 g/mol. The molecule has 19 heavy (non-hydrogen) atoms. The molecule has 1 aromatic heterocycles. The van der Waals surface area contributed by atoms with Gasteiger partial charge in [0.15, 0.2) is 0 Å². The van der Waals surface area contributed by atoms with Gasteiger partial charge in [0.25, 0.3) is 5.91 Å². The second kappa shape index (κ2) is 7.46. The van der Waals surface area contributed by atoms with Crippen molar-refractivity contribution in [3.63, 3.8) is 0 Å². The van der Waals surface area contributed by atoms with E-state index >= 15 is 0 Å². The summed E-state index contributed by atoms with van der Waals surface area (Å²) in [7, 11) is 5.87. The zero-order chi connectivity index (χ0) is 14.4. The van der Waals surface area contributed by atoms with E-state index in [9.17, 15) is 4.79 Å². The van der Waals surface area contributed by atoms with Crippen LogP contribution >= 0.6 is 11.6 Å². The molecule has 0 fully saturated rings. The van der Waals surface area contributed by atoms with E-state index in [0.29, 0.717) is 10.7 Å². The minimum atomic E-state index is -0.00208. The average Bonchev–Trinajstić information content (AvgIpc) is 2.36. The Morgan fingerprint density at radius 2 is 1.95 bits per heavy atom. The third-order valence-corrected chi connectivity index (χ3v) is 3.10. The molecule has 0 saturated carbocycles. The van der Waals surface area contributed by atoms with Crippen LogP contribution < -0.4 is 0 Å². The Hall–Kier alpha value is -1.13. The first-order valence-electron chi connectivity index (χ1n) is 6.50. The Balaban J connectivity index is 2.68. The number of pyridine rings is 1. The molecule has 1 heterocycles. The minimum Gasteiger partial charge on any atom is -0.342 e. The van der Waals surface area contributed by atoms with Gasteiger partial charge in [0, 0.05) is 24.8 Å². The van der Waals surface area contributed by atoms with E-state index in [1.165, 1.54) is 0 Å². The normalized spacial score (nSPS) is 10.8. The lowest BCUT2D eigenvalue weighted by Crippen LogP contribution is -2.29. The molecule has 0 aliphatic carbocycles. The van der Waals surface area contributed by atoms with Gasteiger partial charge in [0.05, 0.1) is 0 Å². The van der Waals surface area contributed by atoms with Gasteiger partial charge in [-0.15, -0.1) is 0 Å². The highest BCUT2D eigenvalue weighted by atomic mass is 35.5. The highest BCUT2D eigenvalue weighted by Crippen LogP contribution is 2.13. The van der Waals surface area contributed by atoms with Gasteiger partial charge in [-0.05, 0) is 45.6 Å². The van der Waals surface area contributed by atoms with Gasteiger partial charge in [-0.2, -0.15) is 0 Å². The number of carbonyl (C=O) groups is 1. The average molecular weight is 284 g/mol. The molecule has 1 rings (SSSR count). The number of rotatable bonds is 6. The zero-order valence-electron chi connectivity index (χ0n) is 12.1. The van der Waals surface area contributed by atoms with Gasteiger partial charge in [-0.3, -0.25) is 4.79 Å². The zero-order valence-corrected chi connectivity index (χ0v) is 12.9. The molecular formula is C14H22ClN3O. The van der Waals surface area contributed by atoms with Crippen LogP contribution in [0.2, 0.25) is 5.15 Å². The third kappa shape index (κ3) is 5.17. The molecule has 4 nitrogen and oxygen atoms in total. The van der Waals surface area contributed by atoms with E-state index in [1.54, 1.807) is 11.0 Å². The van der Waals surface area contributed by atoms with E-state index < -0.39 is 0 Å². The van der Waals surface area contributed by atoms with Crippen LogP contribution in [0.3, 0.4) is 0 Å². The number of aromatic nitrogens is 1. The van der Waals surface area contributed by atoms with Gasteiger partial charge in [0.2, 0.25) is 0 Å². The summed E-state index contributed by atoms with van der Waals surface area (Å²) in [5.74, 6) is -0.00208. The fourth-order valence-corrected chi connectivity index (χ4v) is 2.03. The van der Waals surface area contributed by atoms with E-state index in [4.69, 9.17) is 11.6 Å². The van der Waals surface area contributed by atoms with Gasteiger partial charge >= 0.3 is 0 Å². The molecule has 0 saturated heterocycles. The Labute approximate surface area is 120 Å². The third-order valence-electron chi connectivity index (χ3n) is 2.90. The standard InChI is InChI=1S/C14H22ClN3O/c1-5-12-9-11(10-13(15)16-12)14(19)18(4)8-6-7-17(2)3/h9-10H,5-8H2,1-4H3. The number of aryl methyl sites for hydroxylation is 1. The summed E-state index contributed by atoms with van der Waals surface area (Å²) in [6.07, 6.45) is 1.72. The maximum Gasteiger partial charge on any atom is 0.253 e. The Bertz CT molecular complexity index is 435. The smallest absolute Gasteiger partial charge is 0.253 e. The predicted octanol–water partition coefficient (Wildman–Crippen LogP) is 2.32. The van der Waals surface area contributed by atoms with E-state index in [1.807, 2.05) is 34.1 Å². The second-order valence-electron chi connectivity index (χ2n) is 4.91. The molecule has 106 valence electrons. The predicted molar refractivity (Wildman–Crippen MR) is 78.8 cm³/mol. The van der Waals surface area contributed by atoms with Crippen LogP contribution in [0.25, 0.3) is 0 Å². The van der Waals surface area contributed by atoms with Gasteiger partial charge in [0.1, 0.15) is 5.15 Å². The number of nitrogens with zero attached hydrogens (tertiary/aromatic N) is 3. The lowest BCUT2D eigenvalue weighted by atomic mass is 10.2. The maximum absolute atomic E-state index is 12.3. The van der Waals surface area contributed by atoms with Gasteiger partial charge < -0.3 is 9.80 Å². The van der Waals surface area contributed by atoms with Crippen molar-refractivity contribution in [2.24, 2.45) is 0 Å². The topological polar surface area (TPSA) is 36.4 Å². The first-order valence-corrected chi connectivity index (χ1v) is 6.88. The van der Waals surface area contributed by atoms with Crippen LogP contribution in [0.4, 0.5) is 0 Å². The number of amides is 1. The lowest BCUT2D eigenvalue weighted by molar-refractivity contribution is 0.0790. The summed E-state index contributed by atoms with van der Waals surface area (Å²) in [6, 6.07) is 3.45. The highest BCUT2D eigenvalue weighted by molar-refractivity contribution is 6.29. The summed E-state index contributed by atoms with van der Waals surface area (Å²) in [4.78, 5) is 20.3. The van der Waals surface area contributed by atoms with Crippen molar-refractivity contribution in [2.75, 3.05) is 34.2 Å². The molecule has 1 aromatic rings. The number of halogens is 1. The first-order chi connectivity index (χ1) is 8.93. The van der Waals surface area contributed by atoms with E-state index in [-0.39, 0.29) is 5.91 Å². The van der Waals surface area contributed by atoms with E-state index in [0.717, 1.165) is 31.6 Å². The quantitative estimate of drug-likeness (QED) is 0.752. The fourth-order valence-electron chi connectivity index (χ4n) is 1.80. The number of hydrogen-bond donors (Lipinski definition) is 0. The molecule has 1 amide bonds. The van der Waals surface area contributed by atoms with Gasteiger partial charge in [-0.1, -0.05) is 18.5 Å². The van der Waals surface area contributed by atoms with E-state index in [2.05, 4.69) is 9.88 Å². The molecule has 5 heteroatoms. The van der Waals surface area contributed by atoms with Crippen LogP contribution in [0.5, 0.6) is 0 Å². The second-order valence-corrected chi connectivity index (χ2v) is 5.29. The molecule has 0 atom stereocenters. The molecule has 0 unspecified atom stereocenters. The largest absolute Gasteiger partial charge is 0.342 e. The number of carbonyl (C=O) groups excluding carboxylic acids is 1. The Kier molecular flexibility index (Phi) is 6.25. The monoisotopic (exact) mass is 283 g/mol. The summed E-state index contributed by atoms with van der Waals surface area (Å²) >= 11 is 5.93. The van der Waals surface area contributed by atoms with Crippen molar-refractivity contribution in [1.82, 2.24) is 14.8 Å². The summed E-state index contributed by atoms with van der Waals surface area (Å²) in [6.45, 7) is 3.70. The summed E-state index contributed by atoms with van der Waals surface area (Å²) in [5, 5.41) is 0.379. The highest BCUT2D eigenvalue weighted by Gasteiger charge is 2.13. The molecule has 0 spiro atoms. The Morgan fingerprint density at radius 3 is 2.53 bits per heavy atom. The molecule has 0 aromatic carbocycles. The lowest BCUT2D eigenvalue weighted by Gasteiger charge is -2.19. The molecule has 0 aliphatic heterocycles. The van der Waals surface area contributed by atoms with Crippen molar-refractivity contribution in [2.45, 2.75) is 19.8 Å². The van der Waals surface area contributed by atoms with Crippen molar-refractivity contribution in [1.29, 1.82) is 0 Å². The van der Waals surface area contributed by atoms with Crippen molar-refractivity contribution < 1.29 is 4.79 Å². The van der Waals surface area contributed by atoms with Crippen molar-refractivity contribution in [3.05, 3.63) is 28.5 Å². The summed E-state index contributed by atoms with van der Waals surface area (Å²) in [5.41, 5.74) is 1.46. The Morgan fingerprint density at radius 1 is 1.26 bits per heavy atom. The maximum atomic E-state index is 12.3. The molecule has 0 aliphatic rings. The minimum absolute atomic E-state index is 0.00208. The fraction of sp³-hybridized carbons (Fsp3) is 0.571. The van der Waals surface area contributed by atoms with Crippen LogP contribution in [-0.4, -0.2) is 54.9 Å². The van der Waals surface area contributed by atoms with Crippen LogP contribution in [0.1, 0.15) is 29.4 Å². The number of hydrogen-bond acceptors (Lipinski definition) is 3. The molecule has 0 bridgehead atoms. The van der Waals surface area contributed by atoms with Crippen molar-refractivity contribution in [3.8, 4) is 0 Å². The van der Waals surface area contributed by atoms with Crippen LogP contribution in [-0.2, 0) is 6.42 Å². The summed E-state index contributed by atoms with van der Waals surface area (Å²) < 4.78 is 0. The SMILES string of the molecule is CCc1cc(C(=O)N(C)CCCN(C)C)cc(Cl)n1.